The molecule has 5 nitrogen and oxygen atoms in total. The predicted octanol–water partition coefficient (Wildman–Crippen LogP) is 3.85. The van der Waals surface area contributed by atoms with E-state index in [1.807, 2.05) is 53.1 Å². The van der Waals surface area contributed by atoms with E-state index < -0.39 is 0 Å². The van der Waals surface area contributed by atoms with E-state index in [1.54, 1.807) is 24.5 Å². The van der Waals surface area contributed by atoms with Gasteiger partial charge in [-0.25, -0.2) is 4.98 Å². The van der Waals surface area contributed by atoms with Crippen LogP contribution in [0.2, 0.25) is 0 Å². The molecular formula is C18H14N4O. The third kappa shape index (κ3) is 2.48. The molecule has 112 valence electrons. The second-order valence-electron chi connectivity index (χ2n) is 5.15. The molecule has 0 saturated heterocycles. The number of benzene rings is 2. The minimum Gasteiger partial charge on any atom is -0.508 e. The van der Waals surface area contributed by atoms with Crippen molar-refractivity contribution < 1.29 is 5.11 Å². The Morgan fingerprint density at radius 3 is 2.52 bits per heavy atom. The predicted molar refractivity (Wildman–Crippen MR) is 89.8 cm³/mol. The lowest BCUT2D eigenvalue weighted by molar-refractivity contribution is 0.475. The van der Waals surface area contributed by atoms with Gasteiger partial charge < -0.3 is 10.4 Å². The zero-order valence-electron chi connectivity index (χ0n) is 12.2. The molecule has 0 radical (unpaired) electrons. The van der Waals surface area contributed by atoms with E-state index in [9.17, 15) is 5.11 Å². The van der Waals surface area contributed by atoms with Gasteiger partial charge in [-0.2, -0.15) is 0 Å². The van der Waals surface area contributed by atoms with Gasteiger partial charge in [-0.3, -0.25) is 9.38 Å². The summed E-state index contributed by atoms with van der Waals surface area (Å²) >= 11 is 0. The van der Waals surface area contributed by atoms with Gasteiger partial charge in [-0.05, 0) is 36.4 Å². The van der Waals surface area contributed by atoms with Gasteiger partial charge in [0, 0.05) is 23.6 Å². The van der Waals surface area contributed by atoms with Crippen molar-refractivity contribution in [3.05, 3.63) is 73.2 Å². The monoisotopic (exact) mass is 302 g/mol. The first-order chi connectivity index (χ1) is 11.3. The smallest absolute Gasteiger partial charge is 0.157 e. The lowest BCUT2D eigenvalue weighted by atomic mass is 10.1. The molecule has 0 atom stereocenters. The summed E-state index contributed by atoms with van der Waals surface area (Å²) in [6, 6.07) is 16.9. The summed E-state index contributed by atoms with van der Waals surface area (Å²) in [6.45, 7) is 0. The van der Waals surface area contributed by atoms with E-state index in [4.69, 9.17) is 0 Å². The molecule has 0 bridgehead atoms. The summed E-state index contributed by atoms with van der Waals surface area (Å²) in [6.07, 6.45) is 5.32. The highest BCUT2D eigenvalue weighted by molar-refractivity contribution is 5.79. The molecule has 23 heavy (non-hydrogen) atoms. The van der Waals surface area contributed by atoms with Crippen LogP contribution >= 0.6 is 0 Å². The van der Waals surface area contributed by atoms with Gasteiger partial charge in [0.25, 0.3) is 0 Å². The molecule has 2 heterocycles. The van der Waals surface area contributed by atoms with Crippen LogP contribution in [-0.2, 0) is 0 Å². The van der Waals surface area contributed by atoms with Crippen LogP contribution in [0.5, 0.6) is 5.75 Å². The molecule has 0 spiro atoms. The molecule has 0 aliphatic heterocycles. The summed E-state index contributed by atoms with van der Waals surface area (Å²) in [5.41, 5.74) is 3.46. The number of hydrogen-bond acceptors (Lipinski definition) is 4. The molecular weight excluding hydrogens is 288 g/mol. The summed E-state index contributed by atoms with van der Waals surface area (Å²) in [4.78, 5) is 8.80. The Kier molecular flexibility index (Phi) is 3.16. The van der Waals surface area contributed by atoms with Crippen LogP contribution in [0.15, 0.2) is 73.2 Å². The number of anilines is 2. The minimum atomic E-state index is 0.233. The van der Waals surface area contributed by atoms with E-state index in [2.05, 4.69) is 15.3 Å². The van der Waals surface area contributed by atoms with Crippen molar-refractivity contribution in [1.82, 2.24) is 14.4 Å². The van der Waals surface area contributed by atoms with Crippen molar-refractivity contribution in [2.24, 2.45) is 0 Å². The Labute approximate surface area is 132 Å². The van der Waals surface area contributed by atoms with Gasteiger partial charge in [-0.1, -0.05) is 18.2 Å². The molecule has 0 saturated carbocycles. The number of phenolic OH excluding ortho intramolecular Hbond substituents is 1. The second kappa shape index (κ2) is 5.46. The van der Waals surface area contributed by atoms with Crippen LogP contribution in [0.4, 0.5) is 11.5 Å². The molecule has 0 amide bonds. The summed E-state index contributed by atoms with van der Waals surface area (Å²) in [7, 11) is 0. The van der Waals surface area contributed by atoms with Gasteiger partial charge in [0.2, 0.25) is 0 Å². The highest BCUT2D eigenvalue weighted by Crippen LogP contribution is 2.31. The fourth-order valence-electron chi connectivity index (χ4n) is 2.51. The molecule has 2 N–H and O–H groups in total. The van der Waals surface area contributed by atoms with Crippen molar-refractivity contribution in [3.8, 4) is 17.0 Å². The molecule has 0 aliphatic rings. The molecule has 2 aromatic carbocycles. The molecule has 0 fully saturated rings. The summed E-state index contributed by atoms with van der Waals surface area (Å²) < 4.78 is 1.96. The van der Waals surface area contributed by atoms with Crippen LogP contribution in [-0.4, -0.2) is 19.5 Å². The van der Waals surface area contributed by atoms with Crippen LogP contribution in [0.25, 0.3) is 16.9 Å². The summed E-state index contributed by atoms with van der Waals surface area (Å²) in [5.74, 6) is 1.09. The highest BCUT2D eigenvalue weighted by Gasteiger charge is 2.14. The lowest BCUT2D eigenvalue weighted by Gasteiger charge is -2.08. The third-order valence-corrected chi connectivity index (χ3v) is 3.61. The maximum absolute atomic E-state index is 9.50. The van der Waals surface area contributed by atoms with Crippen molar-refractivity contribution in [1.29, 1.82) is 0 Å². The first-order valence-corrected chi connectivity index (χ1v) is 7.25. The quantitative estimate of drug-likeness (QED) is 0.603. The fourth-order valence-corrected chi connectivity index (χ4v) is 2.51. The topological polar surface area (TPSA) is 62.5 Å². The number of hydrogen-bond donors (Lipinski definition) is 2. The Hall–Kier alpha value is -3.34. The maximum Gasteiger partial charge on any atom is 0.157 e. The fraction of sp³-hybridized carbons (Fsp3) is 0. The van der Waals surface area contributed by atoms with Crippen LogP contribution in [0.1, 0.15) is 0 Å². The van der Waals surface area contributed by atoms with Crippen molar-refractivity contribution in [3.63, 3.8) is 0 Å². The molecule has 2 aromatic heterocycles. The van der Waals surface area contributed by atoms with E-state index >= 15 is 0 Å². The molecule has 4 rings (SSSR count). The number of nitrogens with zero attached hydrogens (tertiary/aromatic N) is 3. The largest absolute Gasteiger partial charge is 0.508 e. The molecule has 0 aliphatic carbocycles. The van der Waals surface area contributed by atoms with Gasteiger partial charge in [-0.15, -0.1) is 0 Å². The Morgan fingerprint density at radius 1 is 0.957 bits per heavy atom. The van der Waals surface area contributed by atoms with Gasteiger partial charge in [0.05, 0.1) is 6.20 Å². The Morgan fingerprint density at radius 2 is 1.74 bits per heavy atom. The summed E-state index contributed by atoms with van der Waals surface area (Å²) in [5, 5.41) is 12.9. The minimum absolute atomic E-state index is 0.233. The number of nitrogens with one attached hydrogen (secondary N) is 1. The maximum atomic E-state index is 9.50. The first kappa shape index (κ1) is 13.3. The third-order valence-electron chi connectivity index (χ3n) is 3.61. The number of imidazole rings is 1. The van der Waals surface area contributed by atoms with E-state index in [1.165, 1.54) is 0 Å². The van der Waals surface area contributed by atoms with Crippen molar-refractivity contribution in [2.75, 3.05) is 5.32 Å². The Balaban J connectivity index is 1.89. The Bertz CT molecular complexity index is 946. The van der Waals surface area contributed by atoms with Crippen LogP contribution in [0.3, 0.4) is 0 Å². The zero-order chi connectivity index (χ0) is 15.6. The number of aromatic hydroxyl groups is 1. The highest BCUT2D eigenvalue weighted by atomic mass is 16.3. The number of phenols is 1. The average molecular weight is 302 g/mol. The first-order valence-electron chi connectivity index (χ1n) is 7.25. The van der Waals surface area contributed by atoms with Crippen molar-refractivity contribution in [2.45, 2.75) is 0 Å². The van der Waals surface area contributed by atoms with Crippen LogP contribution in [0, 0.1) is 0 Å². The molecule has 5 heteroatoms. The lowest BCUT2D eigenvalue weighted by Crippen LogP contribution is -1.96. The average Bonchev–Trinajstić information content (AvgIpc) is 2.95. The van der Waals surface area contributed by atoms with Crippen molar-refractivity contribution >= 4 is 17.2 Å². The van der Waals surface area contributed by atoms with Gasteiger partial charge >= 0.3 is 0 Å². The number of para-hydroxylation sites is 1. The normalized spacial score (nSPS) is 10.8. The van der Waals surface area contributed by atoms with Crippen LogP contribution < -0.4 is 5.32 Å². The van der Waals surface area contributed by atoms with E-state index in [-0.39, 0.29) is 5.75 Å². The van der Waals surface area contributed by atoms with E-state index in [0.717, 1.165) is 28.4 Å². The van der Waals surface area contributed by atoms with Gasteiger partial charge in [0.1, 0.15) is 17.3 Å². The van der Waals surface area contributed by atoms with Gasteiger partial charge in [0.15, 0.2) is 5.65 Å². The van der Waals surface area contributed by atoms with E-state index in [0.29, 0.717) is 0 Å². The SMILES string of the molecule is Oc1ccc(-c2nc3cnccn3c2Nc2ccccc2)cc1. The number of rotatable bonds is 3. The number of fused-ring (bicyclic) bond motifs is 1. The number of aromatic nitrogens is 3. The molecule has 4 aromatic rings. The second-order valence-corrected chi connectivity index (χ2v) is 5.15. The zero-order valence-corrected chi connectivity index (χ0v) is 12.2. The standard InChI is InChI=1S/C18H14N4O/c23-15-8-6-13(7-9-15)17-18(20-14-4-2-1-3-5-14)22-11-10-19-12-16(22)21-17/h1-12,20,23H. The molecule has 0 unspecified atom stereocenters.